The zero-order valence-corrected chi connectivity index (χ0v) is 15.3. The van der Waals surface area contributed by atoms with Crippen molar-refractivity contribution in [2.45, 2.75) is 6.42 Å². The second-order valence-corrected chi connectivity index (χ2v) is 6.33. The second kappa shape index (κ2) is 6.46. The van der Waals surface area contributed by atoms with E-state index in [9.17, 15) is 9.59 Å². The SMILES string of the molecule is COc1cc2c(cc1OC)C1=C(NCC2)C(=O)c2c(OC)cccc2C1=O. The number of ketones is 2. The van der Waals surface area contributed by atoms with Gasteiger partial charge in [-0.25, -0.2) is 0 Å². The molecule has 2 aliphatic rings. The summed E-state index contributed by atoms with van der Waals surface area (Å²) in [5.74, 6) is 1.07. The smallest absolute Gasteiger partial charge is 0.214 e. The van der Waals surface area contributed by atoms with E-state index in [1.54, 1.807) is 38.5 Å². The first-order valence-electron chi connectivity index (χ1n) is 8.60. The van der Waals surface area contributed by atoms with Gasteiger partial charge >= 0.3 is 0 Å². The van der Waals surface area contributed by atoms with Gasteiger partial charge in [0.15, 0.2) is 17.3 Å². The zero-order chi connectivity index (χ0) is 19.1. The van der Waals surface area contributed by atoms with E-state index in [0.29, 0.717) is 58.2 Å². The Balaban J connectivity index is 1.99. The van der Waals surface area contributed by atoms with Gasteiger partial charge in [0.05, 0.1) is 38.2 Å². The van der Waals surface area contributed by atoms with Crippen LogP contribution in [0.5, 0.6) is 17.2 Å². The van der Waals surface area contributed by atoms with Gasteiger partial charge in [0, 0.05) is 12.1 Å². The molecule has 0 saturated carbocycles. The Kier molecular flexibility index (Phi) is 4.11. The summed E-state index contributed by atoms with van der Waals surface area (Å²) in [6.45, 7) is 0.533. The number of hydrogen-bond acceptors (Lipinski definition) is 6. The summed E-state index contributed by atoms with van der Waals surface area (Å²) in [4.78, 5) is 26.6. The van der Waals surface area contributed by atoms with Crippen molar-refractivity contribution in [1.29, 1.82) is 0 Å². The molecule has 0 amide bonds. The van der Waals surface area contributed by atoms with Gasteiger partial charge in [-0.1, -0.05) is 12.1 Å². The van der Waals surface area contributed by atoms with Crippen molar-refractivity contribution in [1.82, 2.24) is 5.32 Å². The third-order valence-corrected chi connectivity index (χ3v) is 5.00. The summed E-state index contributed by atoms with van der Waals surface area (Å²) in [6.07, 6.45) is 0.650. The second-order valence-electron chi connectivity index (χ2n) is 6.33. The Morgan fingerprint density at radius 1 is 0.852 bits per heavy atom. The topological polar surface area (TPSA) is 73.9 Å². The molecule has 0 bridgehead atoms. The molecule has 0 fully saturated rings. The van der Waals surface area contributed by atoms with Crippen LogP contribution in [0, 0.1) is 0 Å². The Morgan fingerprint density at radius 3 is 2.26 bits per heavy atom. The third-order valence-electron chi connectivity index (χ3n) is 5.00. The maximum Gasteiger partial charge on any atom is 0.214 e. The quantitative estimate of drug-likeness (QED) is 0.901. The van der Waals surface area contributed by atoms with Gasteiger partial charge in [-0.3, -0.25) is 9.59 Å². The van der Waals surface area contributed by atoms with Crippen LogP contribution in [-0.2, 0) is 6.42 Å². The molecule has 4 rings (SSSR count). The summed E-state index contributed by atoms with van der Waals surface area (Å²) in [5.41, 5.74) is 2.96. The van der Waals surface area contributed by atoms with Crippen LogP contribution in [0.15, 0.2) is 36.0 Å². The highest BCUT2D eigenvalue weighted by atomic mass is 16.5. The van der Waals surface area contributed by atoms with E-state index < -0.39 is 0 Å². The molecule has 1 heterocycles. The monoisotopic (exact) mass is 365 g/mol. The van der Waals surface area contributed by atoms with Gasteiger partial charge in [-0.15, -0.1) is 0 Å². The van der Waals surface area contributed by atoms with Crippen LogP contribution in [-0.4, -0.2) is 39.4 Å². The molecule has 0 saturated heterocycles. The predicted octanol–water partition coefficient (Wildman–Crippen LogP) is 2.65. The van der Waals surface area contributed by atoms with E-state index in [2.05, 4.69) is 5.32 Å². The van der Waals surface area contributed by atoms with Crippen molar-refractivity contribution >= 4 is 17.1 Å². The van der Waals surface area contributed by atoms with Crippen LogP contribution in [0.2, 0.25) is 0 Å². The molecule has 1 aliphatic heterocycles. The maximum absolute atomic E-state index is 13.4. The summed E-state index contributed by atoms with van der Waals surface area (Å²) in [7, 11) is 4.61. The number of methoxy groups -OCH3 is 3. The first-order valence-corrected chi connectivity index (χ1v) is 8.60. The molecular formula is C21H19NO5. The Hall–Kier alpha value is -3.28. The number of fused-ring (bicyclic) bond motifs is 3. The number of hydrogen-bond donors (Lipinski definition) is 1. The lowest BCUT2D eigenvalue weighted by Crippen LogP contribution is -2.29. The lowest BCUT2D eigenvalue weighted by atomic mass is 9.82. The summed E-state index contributed by atoms with van der Waals surface area (Å²) in [5, 5.41) is 3.15. The first kappa shape index (κ1) is 17.1. The number of carbonyl (C=O) groups excluding carboxylic acids is 2. The van der Waals surface area contributed by atoms with Crippen LogP contribution in [0.1, 0.15) is 31.8 Å². The molecule has 1 N–H and O–H groups in total. The van der Waals surface area contributed by atoms with Crippen LogP contribution in [0.25, 0.3) is 5.57 Å². The van der Waals surface area contributed by atoms with Gasteiger partial charge in [0.25, 0.3) is 0 Å². The molecule has 138 valence electrons. The molecule has 6 heteroatoms. The number of Topliss-reactive ketones (excluding diaryl/α,β-unsaturated/α-hetero) is 2. The van der Waals surface area contributed by atoms with Crippen molar-refractivity contribution in [3.63, 3.8) is 0 Å². The fourth-order valence-electron chi connectivity index (χ4n) is 3.72. The van der Waals surface area contributed by atoms with Gasteiger partial charge in [0.2, 0.25) is 5.78 Å². The van der Waals surface area contributed by atoms with E-state index in [0.717, 1.165) is 5.56 Å². The number of allylic oxidation sites excluding steroid dienone is 2. The van der Waals surface area contributed by atoms with E-state index in [1.165, 1.54) is 7.11 Å². The molecule has 27 heavy (non-hydrogen) atoms. The highest BCUT2D eigenvalue weighted by Crippen LogP contribution is 2.41. The lowest BCUT2D eigenvalue weighted by molar-refractivity contribution is 0.0983. The van der Waals surface area contributed by atoms with Gasteiger partial charge < -0.3 is 19.5 Å². The van der Waals surface area contributed by atoms with E-state index >= 15 is 0 Å². The van der Waals surface area contributed by atoms with E-state index in [4.69, 9.17) is 14.2 Å². The van der Waals surface area contributed by atoms with Crippen molar-refractivity contribution in [3.8, 4) is 17.2 Å². The Morgan fingerprint density at radius 2 is 1.56 bits per heavy atom. The van der Waals surface area contributed by atoms with Crippen molar-refractivity contribution in [2.75, 3.05) is 27.9 Å². The molecular weight excluding hydrogens is 346 g/mol. The van der Waals surface area contributed by atoms with Crippen molar-refractivity contribution in [3.05, 3.63) is 58.3 Å². The molecule has 1 aliphatic carbocycles. The minimum atomic E-state index is -0.236. The first-order chi connectivity index (χ1) is 13.1. The molecule has 6 nitrogen and oxygen atoms in total. The van der Waals surface area contributed by atoms with E-state index in [-0.39, 0.29) is 11.6 Å². The average Bonchev–Trinajstić information content (AvgIpc) is 2.89. The fourth-order valence-corrected chi connectivity index (χ4v) is 3.72. The summed E-state index contributed by atoms with van der Waals surface area (Å²) < 4.78 is 16.1. The number of rotatable bonds is 3. The molecule has 2 aromatic rings. The standard InChI is InChI=1S/C21H19NO5/c1-25-14-6-4-5-12-17(14)21(24)19-18(20(12)23)13-10-16(27-3)15(26-2)9-11(13)7-8-22-19/h4-6,9-10,22H,7-8H2,1-3H3. The molecule has 0 aromatic heterocycles. The molecule has 0 unspecified atom stereocenters. The number of nitrogens with one attached hydrogen (secondary N) is 1. The number of benzene rings is 2. The summed E-state index contributed by atoms with van der Waals surface area (Å²) in [6, 6.07) is 8.70. The van der Waals surface area contributed by atoms with Gasteiger partial charge in [-0.05, 0) is 35.7 Å². The largest absolute Gasteiger partial charge is 0.496 e. The van der Waals surface area contributed by atoms with Gasteiger partial charge in [-0.2, -0.15) is 0 Å². The molecule has 0 spiro atoms. The summed E-state index contributed by atoms with van der Waals surface area (Å²) >= 11 is 0. The number of ether oxygens (including phenoxy) is 3. The number of carbonyl (C=O) groups is 2. The van der Waals surface area contributed by atoms with Crippen LogP contribution >= 0.6 is 0 Å². The minimum absolute atomic E-state index is 0.207. The lowest BCUT2D eigenvalue weighted by Gasteiger charge is -2.23. The maximum atomic E-state index is 13.4. The van der Waals surface area contributed by atoms with Crippen LogP contribution < -0.4 is 19.5 Å². The third kappa shape index (κ3) is 2.48. The normalized spacial score (nSPS) is 15.2. The van der Waals surface area contributed by atoms with Crippen molar-refractivity contribution in [2.24, 2.45) is 0 Å². The zero-order valence-electron chi connectivity index (χ0n) is 15.3. The average molecular weight is 365 g/mol. The fraction of sp³-hybridized carbons (Fsp3) is 0.238. The Labute approximate surface area is 156 Å². The van der Waals surface area contributed by atoms with Crippen LogP contribution in [0.4, 0.5) is 0 Å². The highest BCUT2D eigenvalue weighted by Gasteiger charge is 2.37. The predicted molar refractivity (Wildman–Crippen MR) is 99.8 cm³/mol. The molecule has 0 radical (unpaired) electrons. The highest BCUT2D eigenvalue weighted by molar-refractivity contribution is 6.41. The van der Waals surface area contributed by atoms with Gasteiger partial charge in [0.1, 0.15) is 5.75 Å². The minimum Gasteiger partial charge on any atom is -0.496 e. The Bertz CT molecular complexity index is 1010. The van der Waals surface area contributed by atoms with Crippen molar-refractivity contribution < 1.29 is 23.8 Å². The molecule has 0 atom stereocenters. The van der Waals surface area contributed by atoms with E-state index in [1.807, 2.05) is 6.07 Å². The molecule has 2 aromatic carbocycles. The van der Waals surface area contributed by atoms with Crippen LogP contribution in [0.3, 0.4) is 0 Å².